The molecule has 0 aromatic carbocycles. The quantitative estimate of drug-likeness (QED) is 0.900. The predicted molar refractivity (Wildman–Crippen MR) is 87.1 cm³/mol. The second-order valence-electron chi connectivity index (χ2n) is 6.06. The summed E-state index contributed by atoms with van der Waals surface area (Å²) in [5, 5.41) is 7.58. The average molecular weight is 316 g/mol. The lowest BCUT2D eigenvalue weighted by Gasteiger charge is -2.25. The van der Waals surface area contributed by atoms with Crippen LogP contribution in [-0.4, -0.2) is 40.2 Å². The highest BCUT2D eigenvalue weighted by molar-refractivity contribution is 8.00. The molecule has 0 radical (unpaired) electrons. The molecule has 0 spiro atoms. The lowest BCUT2D eigenvalue weighted by Crippen LogP contribution is -2.40. The van der Waals surface area contributed by atoms with E-state index in [0.717, 1.165) is 55.3 Å². The van der Waals surface area contributed by atoms with E-state index in [2.05, 4.69) is 26.1 Å². The molecule has 5 nitrogen and oxygen atoms in total. The number of amides is 1. The Balaban J connectivity index is 1.42. The molecule has 2 aliphatic heterocycles. The van der Waals surface area contributed by atoms with Crippen LogP contribution in [0.5, 0.6) is 0 Å². The van der Waals surface area contributed by atoms with Crippen molar-refractivity contribution in [3.8, 4) is 0 Å². The summed E-state index contributed by atoms with van der Waals surface area (Å²) in [6.07, 6.45) is 4.96. The first-order valence-corrected chi connectivity index (χ1v) is 8.79. The molecule has 2 N–H and O–H groups in total. The summed E-state index contributed by atoms with van der Waals surface area (Å²) >= 11 is 1.65. The molecule has 116 valence electrons. The van der Waals surface area contributed by atoms with Crippen LogP contribution in [-0.2, 0) is 11.2 Å². The van der Waals surface area contributed by atoms with Crippen LogP contribution >= 0.6 is 11.8 Å². The molecule has 4 rings (SSSR count). The van der Waals surface area contributed by atoms with E-state index < -0.39 is 0 Å². The summed E-state index contributed by atoms with van der Waals surface area (Å²) in [4.78, 5) is 16.9. The molecule has 2 aromatic heterocycles. The second-order valence-corrected chi connectivity index (χ2v) is 7.28. The number of thioether (sulfide) groups is 1. The van der Waals surface area contributed by atoms with Crippen molar-refractivity contribution >= 4 is 23.3 Å². The molecule has 1 fully saturated rings. The molecule has 0 saturated carbocycles. The van der Waals surface area contributed by atoms with Crippen molar-refractivity contribution in [2.24, 2.45) is 5.92 Å². The maximum Gasteiger partial charge on any atom is 0.233 e. The van der Waals surface area contributed by atoms with Gasteiger partial charge in [0.1, 0.15) is 5.65 Å². The highest BCUT2D eigenvalue weighted by Gasteiger charge is 2.28. The SMILES string of the molecule is O=C(NCC1CCNCC1)C1Cc2cnc3cccc(n23)S1. The lowest BCUT2D eigenvalue weighted by molar-refractivity contribution is -0.120. The van der Waals surface area contributed by atoms with Gasteiger partial charge in [0.05, 0.1) is 10.3 Å². The fourth-order valence-corrected chi connectivity index (χ4v) is 4.48. The molecule has 1 amide bonds. The molecule has 22 heavy (non-hydrogen) atoms. The third-order valence-electron chi connectivity index (χ3n) is 4.54. The van der Waals surface area contributed by atoms with Gasteiger partial charge in [-0.2, -0.15) is 0 Å². The van der Waals surface area contributed by atoms with Gasteiger partial charge in [-0.15, -0.1) is 0 Å². The number of rotatable bonds is 3. The zero-order valence-corrected chi connectivity index (χ0v) is 13.2. The van der Waals surface area contributed by atoms with Crippen LogP contribution in [0.3, 0.4) is 0 Å². The lowest BCUT2D eigenvalue weighted by atomic mass is 9.98. The Morgan fingerprint density at radius 2 is 2.27 bits per heavy atom. The van der Waals surface area contributed by atoms with Crippen LogP contribution in [0.1, 0.15) is 18.5 Å². The van der Waals surface area contributed by atoms with Gasteiger partial charge in [0.25, 0.3) is 0 Å². The number of nitrogens with zero attached hydrogens (tertiary/aromatic N) is 2. The molecule has 2 aromatic rings. The monoisotopic (exact) mass is 316 g/mol. The Morgan fingerprint density at radius 3 is 3.14 bits per heavy atom. The van der Waals surface area contributed by atoms with Gasteiger partial charge in [-0.3, -0.25) is 9.20 Å². The molecule has 1 atom stereocenters. The zero-order chi connectivity index (χ0) is 14.9. The molecule has 2 aliphatic rings. The number of carbonyl (C=O) groups is 1. The standard InChI is InChI=1S/C16H20N4OS/c21-16(19-9-11-4-6-17-7-5-11)13-8-12-10-18-14-2-1-3-15(22-13)20(12)14/h1-3,10-11,13,17H,4-9H2,(H,19,21). The Morgan fingerprint density at radius 1 is 1.41 bits per heavy atom. The third-order valence-corrected chi connectivity index (χ3v) is 5.77. The Labute approximate surface area is 133 Å². The summed E-state index contributed by atoms with van der Waals surface area (Å²) in [6, 6.07) is 6.07. The number of piperidine rings is 1. The smallest absolute Gasteiger partial charge is 0.233 e. The molecule has 6 heteroatoms. The van der Waals surface area contributed by atoms with E-state index >= 15 is 0 Å². The van der Waals surface area contributed by atoms with Crippen LogP contribution in [0.25, 0.3) is 5.65 Å². The van der Waals surface area contributed by atoms with Crippen molar-refractivity contribution in [1.29, 1.82) is 0 Å². The number of nitrogens with one attached hydrogen (secondary N) is 2. The summed E-state index contributed by atoms with van der Waals surface area (Å²) in [7, 11) is 0. The van der Waals surface area contributed by atoms with Gasteiger partial charge >= 0.3 is 0 Å². The number of carbonyl (C=O) groups excluding carboxylic acids is 1. The van der Waals surface area contributed by atoms with E-state index in [4.69, 9.17) is 0 Å². The van der Waals surface area contributed by atoms with Gasteiger partial charge in [-0.05, 0) is 44.0 Å². The number of pyridine rings is 1. The van der Waals surface area contributed by atoms with Crippen LogP contribution < -0.4 is 10.6 Å². The third kappa shape index (κ3) is 2.61. The van der Waals surface area contributed by atoms with Crippen LogP contribution in [0.15, 0.2) is 29.4 Å². The maximum absolute atomic E-state index is 12.5. The Bertz CT molecular complexity index is 693. The predicted octanol–water partition coefficient (Wildman–Crippen LogP) is 1.47. The normalized spacial score (nSPS) is 21.9. The highest BCUT2D eigenvalue weighted by Crippen LogP contribution is 2.32. The zero-order valence-electron chi connectivity index (χ0n) is 12.4. The fourth-order valence-electron chi connectivity index (χ4n) is 3.27. The van der Waals surface area contributed by atoms with Gasteiger partial charge in [-0.25, -0.2) is 4.98 Å². The van der Waals surface area contributed by atoms with Crippen molar-refractivity contribution in [2.75, 3.05) is 19.6 Å². The minimum atomic E-state index is -0.0449. The highest BCUT2D eigenvalue weighted by atomic mass is 32.2. The molecule has 1 unspecified atom stereocenters. The van der Waals surface area contributed by atoms with Crippen molar-refractivity contribution in [1.82, 2.24) is 20.0 Å². The van der Waals surface area contributed by atoms with E-state index in [0.29, 0.717) is 5.92 Å². The largest absolute Gasteiger partial charge is 0.355 e. The summed E-state index contributed by atoms with van der Waals surface area (Å²) in [5.41, 5.74) is 2.10. The van der Waals surface area contributed by atoms with Crippen LogP contribution in [0.4, 0.5) is 0 Å². The Hall–Kier alpha value is -1.53. The van der Waals surface area contributed by atoms with Crippen LogP contribution in [0, 0.1) is 5.92 Å². The molecular weight excluding hydrogens is 296 g/mol. The molecule has 0 aliphatic carbocycles. The number of aromatic nitrogens is 2. The molecule has 1 saturated heterocycles. The molecule has 4 heterocycles. The van der Waals surface area contributed by atoms with Gasteiger partial charge < -0.3 is 10.6 Å². The van der Waals surface area contributed by atoms with Gasteiger partial charge in [0.15, 0.2) is 0 Å². The van der Waals surface area contributed by atoms with Gasteiger partial charge in [-0.1, -0.05) is 17.8 Å². The fraction of sp³-hybridized carbons (Fsp3) is 0.500. The van der Waals surface area contributed by atoms with Gasteiger partial charge in [0, 0.05) is 24.9 Å². The van der Waals surface area contributed by atoms with Crippen molar-refractivity contribution < 1.29 is 4.79 Å². The van der Waals surface area contributed by atoms with Crippen molar-refractivity contribution in [3.63, 3.8) is 0 Å². The first kappa shape index (κ1) is 14.1. The van der Waals surface area contributed by atoms with E-state index in [1.54, 1.807) is 11.8 Å². The van der Waals surface area contributed by atoms with Gasteiger partial charge in [0.2, 0.25) is 5.91 Å². The number of imidazole rings is 1. The Kier molecular flexibility index (Phi) is 3.80. The van der Waals surface area contributed by atoms with Crippen LogP contribution in [0.2, 0.25) is 0 Å². The van der Waals surface area contributed by atoms with Crippen molar-refractivity contribution in [3.05, 3.63) is 30.1 Å². The van der Waals surface area contributed by atoms with E-state index in [1.165, 1.54) is 0 Å². The summed E-state index contributed by atoms with van der Waals surface area (Å²) < 4.78 is 2.15. The topological polar surface area (TPSA) is 58.4 Å². The minimum absolute atomic E-state index is 0.0449. The first-order chi connectivity index (χ1) is 10.8. The van der Waals surface area contributed by atoms with E-state index in [1.807, 2.05) is 18.3 Å². The maximum atomic E-state index is 12.5. The number of hydrogen-bond donors (Lipinski definition) is 2. The molecular formula is C16H20N4OS. The average Bonchev–Trinajstić information content (AvgIpc) is 2.98. The first-order valence-electron chi connectivity index (χ1n) is 7.92. The van der Waals surface area contributed by atoms with E-state index in [-0.39, 0.29) is 11.2 Å². The summed E-state index contributed by atoms with van der Waals surface area (Å²) in [6.45, 7) is 2.95. The van der Waals surface area contributed by atoms with Crippen molar-refractivity contribution in [2.45, 2.75) is 29.5 Å². The molecule has 0 bridgehead atoms. The summed E-state index contributed by atoms with van der Waals surface area (Å²) in [5.74, 6) is 0.778. The minimum Gasteiger partial charge on any atom is -0.355 e. The second kappa shape index (κ2) is 5.93. The van der Waals surface area contributed by atoms with E-state index in [9.17, 15) is 4.79 Å². The number of hydrogen-bond acceptors (Lipinski definition) is 4.